The Kier molecular flexibility index (Phi) is 6.65. The highest BCUT2D eigenvalue weighted by Gasteiger charge is 2.16. The van der Waals surface area contributed by atoms with E-state index in [1.807, 2.05) is 13.0 Å². The van der Waals surface area contributed by atoms with Crippen molar-refractivity contribution < 1.29 is 9.90 Å². The lowest BCUT2D eigenvalue weighted by Gasteiger charge is -2.22. The van der Waals surface area contributed by atoms with E-state index in [2.05, 4.69) is 31.4 Å². The van der Waals surface area contributed by atoms with Gasteiger partial charge in [-0.2, -0.15) is 0 Å². The number of halogens is 1. The normalized spacial score (nSPS) is 13.0. The van der Waals surface area contributed by atoms with Gasteiger partial charge in [-0.3, -0.25) is 4.79 Å². The van der Waals surface area contributed by atoms with Gasteiger partial charge in [0.2, 0.25) is 5.91 Å². The molecular formula is C16H25ClN2O2. The summed E-state index contributed by atoms with van der Waals surface area (Å²) in [4.78, 5) is 11.8. The molecule has 0 aliphatic carbocycles. The Morgan fingerprint density at radius 1 is 1.38 bits per heavy atom. The molecule has 0 aliphatic heterocycles. The third kappa shape index (κ3) is 7.46. The summed E-state index contributed by atoms with van der Waals surface area (Å²) in [6, 6.07) is 5.37. The molecule has 4 nitrogen and oxygen atoms in total. The van der Waals surface area contributed by atoms with Crippen LogP contribution in [0, 0.1) is 12.3 Å². The third-order valence-electron chi connectivity index (χ3n) is 2.99. The fourth-order valence-corrected chi connectivity index (χ4v) is 2.23. The number of nitrogens with one attached hydrogen (secondary N) is 2. The minimum Gasteiger partial charge on any atom is -0.392 e. The fraction of sp³-hybridized carbons (Fsp3) is 0.562. The molecule has 0 aromatic heterocycles. The van der Waals surface area contributed by atoms with Crippen molar-refractivity contribution in [1.29, 1.82) is 0 Å². The maximum Gasteiger partial charge on any atom is 0.238 e. The van der Waals surface area contributed by atoms with Crippen molar-refractivity contribution in [1.82, 2.24) is 5.32 Å². The molecule has 5 heteroatoms. The number of benzene rings is 1. The molecule has 0 aliphatic rings. The van der Waals surface area contributed by atoms with Crippen LogP contribution in [0.1, 0.15) is 32.8 Å². The number of rotatable bonds is 6. The van der Waals surface area contributed by atoms with Crippen LogP contribution >= 0.6 is 11.6 Å². The maximum atomic E-state index is 11.8. The first-order valence-electron chi connectivity index (χ1n) is 7.12. The number of aliphatic hydroxyl groups excluding tert-OH is 1. The molecule has 0 radical (unpaired) electrons. The van der Waals surface area contributed by atoms with Crippen molar-refractivity contribution in [3.8, 4) is 0 Å². The summed E-state index contributed by atoms with van der Waals surface area (Å²) in [5.74, 6) is -0.150. The third-order valence-corrected chi connectivity index (χ3v) is 3.22. The van der Waals surface area contributed by atoms with E-state index in [0.717, 1.165) is 5.56 Å². The predicted octanol–water partition coefficient (Wildman–Crippen LogP) is 2.97. The Morgan fingerprint density at radius 3 is 2.67 bits per heavy atom. The average Bonchev–Trinajstić information content (AvgIpc) is 2.31. The zero-order valence-corrected chi connectivity index (χ0v) is 13.9. The minimum absolute atomic E-state index is 0.0707. The van der Waals surface area contributed by atoms with Crippen LogP contribution in [0.15, 0.2) is 18.2 Å². The van der Waals surface area contributed by atoms with E-state index in [9.17, 15) is 9.90 Å². The molecule has 0 spiro atoms. The summed E-state index contributed by atoms with van der Waals surface area (Å²) >= 11 is 5.91. The van der Waals surface area contributed by atoms with Crippen LogP contribution in [-0.4, -0.2) is 30.2 Å². The van der Waals surface area contributed by atoms with Crippen LogP contribution in [0.5, 0.6) is 0 Å². The van der Waals surface area contributed by atoms with Crippen molar-refractivity contribution in [2.45, 2.75) is 40.2 Å². The Bertz CT molecular complexity index is 484. The zero-order chi connectivity index (χ0) is 16.0. The molecule has 0 saturated carbocycles. The molecule has 1 aromatic rings. The molecule has 1 atom stereocenters. The molecule has 3 N–H and O–H groups in total. The second-order valence-electron chi connectivity index (χ2n) is 6.56. The number of hydrogen-bond donors (Lipinski definition) is 3. The number of anilines is 1. The van der Waals surface area contributed by atoms with Gasteiger partial charge < -0.3 is 15.7 Å². The monoisotopic (exact) mass is 312 g/mol. The Balaban J connectivity index is 2.36. The number of amides is 1. The van der Waals surface area contributed by atoms with Gasteiger partial charge in [-0.25, -0.2) is 0 Å². The van der Waals surface area contributed by atoms with Crippen molar-refractivity contribution in [2.24, 2.45) is 5.41 Å². The number of carbonyl (C=O) groups is 1. The van der Waals surface area contributed by atoms with E-state index in [0.29, 0.717) is 23.7 Å². The van der Waals surface area contributed by atoms with Crippen LogP contribution in [0.2, 0.25) is 5.02 Å². The lowest BCUT2D eigenvalue weighted by molar-refractivity contribution is -0.115. The summed E-state index contributed by atoms with van der Waals surface area (Å²) in [6.45, 7) is 8.69. The first-order chi connectivity index (χ1) is 9.67. The highest BCUT2D eigenvalue weighted by atomic mass is 35.5. The van der Waals surface area contributed by atoms with Crippen molar-refractivity contribution in [2.75, 3.05) is 18.4 Å². The molecular weight excluding hydrogens is 288 g/mol. The smallest absolute Gasteiger partial charge is 0.238 e. The SMILES string of the molecule is Cc1ccc(Cl)cc1NC(=O)CNCC(O)CC(C)(C)C. The summed E-state index contributed by atoms with van der Waals surface area (Å²) in [7, 11) is 0. The molecule has 1 aromatic carbocycles. The first kappa shape index (κ1) is 18.0. The van der Waals surface area contributed by atoms with Crippen LogP contribution in [0.3, 0.4) is 0 Å². The van der Waals surface area contributed by atoms with E-state index in [1.165, 1.54) is 0 Å². The van der Waals surface area contributed by atoms with Crippen molar-refractivity contribution >= 4 is 23.2 Å². The lowest BCUT2D eigenvalue weighted by Crippen LogP contribution is -2.35. The second-order valence-corrected chi connectivity index (χ2v) is 6.99. The number of hydrogen-bond acceptors (Lipinski definition) is 3. The quantitative estimate of drug-likeness (QED) is 0.757. The van der Waals surface area contributed by atoms with Gasteiger partial charge in [-0.1, -0.05) is 38.4 Å². The van der Waals surface area contributed by atoms with Crippen LogP contribution in [0.25, 0.3) is 0 Å². The van der Waals surface area contributed by atoms with Gasteiger partial charge in [0, 0.05) is 17.3 Å². The predicted molar refractivity (Wildman–Crippen MR) is 87.8 cm³/mol. The standard InChI is InChI=1S/C16H25ClN2O2/c1-11-5-6-12(17)7-14(11)19-15(21)10-18-9-13(20)8-16(2,3)4/h5-7,13,18,20H,8-10H2,1-4H3,(H,19,21). The zero-order valence-electron chi connectivity index (χ0n) is 13.2. The first-order valence-corrected chi connectivity index (χ1v) is 7.50. The van der Waals surface area contributed by atoms with Gasteiger partial charge in [0.1, 0.15) is 0 Å². The molecule has 118 valence electrons. The van der Waals surface area contributed by atoms with Gasteiger partial charge in [0.25, 0.3) is 0 Å². The lowest BCUT2D eigenvalue weighted by atomic mass is 9.89. The molecule has 0 bridgehead atoms. The van der Waals surface area contributed by atoms with Crippen LogP contribution in [0.4, 0.5) is 5.69 Å². The Labute approximate surface area is 131 Å². The van der Waals surface area contributed by atoms with Crippen LogP contribution in [-0.2, 0) is 4.79 Å². The summed E-state index contributed by atoms with van der Waals surface area (Å²) in [6.07, 6.45) is 0.236. The van der Waals surface area contributed by atoms with Crippen molar-refractivity contribution in [3.63, 3.8) is 0 Å². The molecule has 1 rings (SSSR count). The number of carbonyl (C=O) groups excluding carboxylic acids is 1. The Hall–Kier alpha value is -1.10. The van der Waals surface area contributed by atoms with Crippen molar-refractivity contribution in [3.05, 3.63) is 28.8 Å². The van der Waals surface area contributed by atoms with Crippen LogP contribution < -0.4 is 10.6 Å². The minimum atomic E-state index is -0.453. The fourth-order valence-electron chi connectivity index (χ4n) is 2.05. The van der Waals surface area contributed by atoms with Gasteiger partial charge in [-0.15, -0.1) is 0 Å². The van der Waals surface area contributed by atoms with E-state index >= 15 is 0 Å². The molecule has 0 heterocycles. The van der Waals surface area contributed by atoms with E-state index < -0.39 is 6.10 Å². The highest BCUT2D eigenvalue weighted by molar-refractivity contribution is 6.31. The maximum absolute atomic E-state index is 11.8. The Morgan fingerprint density at radius 2 is 2.05 bits per heavy atom. The summed E-state index contributed by atoms with van der Waals surface area (Å²) in [5.41, 5.74) is 1.74. The number of aliphatic hydroxyl groups is 1. The molecule has 1 amide bonds. The van der Waals surface area contributed by atoms with Gasteiger partial charge in [-0.05, 0) is 36.5 Å². The average molecular weight is 313 g/mol. The van der Waals surface area contributed by atoms with Gasteiger partial charge >= 0.3 is 0 Å². The molecule has 1 unspecified atom stereocenters. The topological polar surface area (TPSA) is 61.4 Å². The number of aryl methyl sites for hydroxylation is 1. The van der Waals surface area contributed by atoms with E-state index in [4.69, 9.17) is 11.6 Å². The van der Waals surface area contributed by atoms with E-state index in [1.54, 1.807) is 12.1 Å². The second kappa shape index (κ2) is 7.78. The highest BCUT2D eigenvalue weighted by Crippen LogP contribution is 2.21. The molecule has 0 fully saturated rings. The van der Waals surface area contributed by atoms with Gasteiger partial charge in [0.15, 0.2) is 0 Å². The van der Waals surface area contributed by atoms with Gasteiger partial charge in [0.05, 0.1) is 12.6 Å². The summed E-state index contributed by atoms with van der Waals surface area (Å²) in [5, 5.41) is 16.2. The molecule has 21 heavy (non-hydrogen) atoms. The van der Waals surface area contributed by atoms with E-state index in [-0.39, 0.29) is 17.9 Å². The largest absolute Gasteiger partial charge is 0.392 e. The summed E-state index contributed by atoms with van der Waals surface area (Å²) < 4.78 is 0. The molecule has 0 saturated heterocycles.